The van der Waals surface area contributed by atoms with Crippen LogP contribution in [0.25, 0.3) is 0 Å². The van der Waals surface area contributed by atoms with Gasteiger partial charge in [0, 0.05) is 17.5 Å². The molecule has 0 aromatic heterocycles. The lowest BCUT2D eigenvalue weighted by Gasteiger charge is -2.07. The third kappa shape index (κ3) is 3.35. The molecule has 0 saturated heterocycles. The highest BCUT2D eigenvalue weighted by Crippen LogP contribution is 2.27. The van der Waals surface area contributed by atoms with Crippen molar-refractivity contribution in [2.45, 2.75) is 5.88 Å². The highest BCUT2D eigenvalue weighted by atomic mass is 35.5. The van der Waals surface area contributed by atoms with Gasteiger partial charge in [0.2, 0.25) is 0 Å². The largest absolute Gasteiger partial charge is 0.314 e. The van der Waals surface area contributed by atoms with Gasteiger partial charge in [0.15, 0.2) is 11.5 Å². The molecule has 1 amide bonds. The van der Waals surface area contributed by atoms with Crippen LogP contribution in [0.5, 0.6) is 0 Å². The van der Waals surface area contributed by atoms with Crippen LogP contribution in [-0.2, 0) is 5.88 Å². The third-order valence-electron chi connectivity index (χ3n) is 2.80. The molecule has 0 atom stereocenters. The molecule has 0 heterocycles. The van der Waals surface area contributed by atoms with E-state index in [0.29, 0.717) is 5.88 Å². The molecule has 0 bridgehead atoms. The fraction of sp³-hybridized carbons (Fsp3) is 0.0714. The van der Waals surface area contributed by atoms with E-state index in [1.807, 2.05) is 0 Å². The lowest BCUT2D eigenvalue weighted by molar-refractivity contribution is -0.384. The average Bonchev–Trinajstić information content (AvgIpc) is 2.49. The molecule has 108 valence electrons. The summed E-state index contributed by atoms with van der Waals surface area (Å²) in [4.78, 5) is 22.1. The molecule has 2 rings (SSSR count). The first kappa shape index (κ1) is 14.9. The highest BCUT2D eigenvalue weighted by molar-refractivity contribution is 6.17. The molecular formula is C14H10ClFN2O3. The normalized spacial score (nSPS) is 10.2. The molecule has 21 heavy (non-hydrogen) atoms. The van der Waals surface area contributed by atoms with Gasteiger partial charge in [-0.2, -0.15) is 0 Å². The van der Waals surface area contributed by atoms with Crippen LogP contribution in [0, 0.1) is 15.9 Å². The van der Waals surface area contributed by atoms with E-state index in [4.69, 9.17) is 11.6 Å². The van der Waals surface area contributed by atoms with Crippen molar-refractivity contribution in [3.63, 3.8) is 0 Å². The van der Waals surface area contributed by atoms with Gasteiger partial charge in [-0.05, 0) is 23.8 Å². The predicted molar refractivity (Wildman–Crippen MR) is 77.0 cm³/mol. The van der Waals surface area contributed by atoms with E-state index in [2.05, 4.69) is 5.32 Å². The number of para-hydroxylation sites is 1. The Morgan fingerprint density at radius 2 is 1.90 bits per heavy atom. The van der Waals surface area contributed by atoms with E-state index in [1.54, 1.807) is 12.1 Å². The van der Waals surface area contributed by atoms with E-state index in [-0.39, 0.29) is 5.56 Å². The number of amides is 1. The van der Waals surface area contributed by atoms with Crippen molar-refractivity contribution < 1.29 is 14.1 Å². The van der Waals surface area contributed by atoms with E-state index >= 15 is 0 Å². The quantitative estimate of drug-likeness (QED) is 0.531. The lowest BCUT2D eigenvalue weighted by atomic mass is 10.1. The second kappa shape index (κ2) is 6.32. The number of halogens is 2. The van der Waals surface area contributed by atoms with Crippen molar-refractivity contribution in [1.29, 1.82) is 0 Å². The molecule has 0 aliphatic carbocycles. The summed E-state index contributed by atoms with van der Waals surface area (Å²) in [5, 5.41) is 13.1. The molecule has 0 fully saturated rings. The Bertz CT molecular complexity index is 689. The molecule has 0 aliphatic rings. The number of alkyl halides is 1. The summed E-state index contributed by atoms with van der Waals surface area (Å²) in [5.41, 5.74) is 0.126. The maximum atomic E-state index is 13.7. The highest BCUT2D eigenvalue weighted by Gasteiger charge is 2.20. The number of carbonyl (C=O) groups is 1. The van der Waals surface area contributed by atoms with Gasteiger partial charge in [-0.1, -0.05) is 18.2 Å². The summed E-state index contributed by atoms with van der Waals surface area (Å²) < 4.78 is 13.7. The van der Waals surface area contributed by atoms with Crippen molar-refractivity contribution in [2.24, 2.45) is 0 Å². The SMILES string of the molecule is O=C(Nc1c(F)cccc1[N+](=O)[O-])c1ccc(CCl)cc1. The minimum absolute atomic E-state index is 0.251. The molecule has 0 radical (unpaired) electrons. The van der Waals surface area contributed by atoms with Gasteiger partial charge in [-0.3, -0.25) is 14.9 Å². The van der Waals surface area contributed by atoms with E-state index < -0.39 is 28.0 Å². The van der Waals surface area contributed by atoms with Crippen LogP contribution in [-0.4, -0.2) is 10.8 Å². The van der Waals surface area contributed by atoms with Crippen LogP contribution < -0.4 is 5.32 Å². The zero-order valence-corrected chi connectivity index (χ0v) is 11.4. The number of anilines is 1. The Morgan fingerprint density at radius 1 is 1.24 bits per heavy atom. The van der Waals surface area contributed by atoms with Gasteiger partial charge < -0.3 is 5.32 Å². The van der Waals surface area contributed by atoms with Gasteiger partial charge in [0.1, 0.15) is 0 Å². The number of rotatable bonds is 4. The minimum atomic E-state index is -0.866. The average molecular weight is 309 g/mol. The fourth-order valence-electron chi connectivity index (χ4n) is 1.72. The molecule has 5 nitrogen and oxygen atoms in total. The van der Waals surface area contributed by atoms with E-state index in [1.165, 1.54) is 18.2 Å². The number of nitro benzene ring substituents is 1. The summed E-state index contributed by atoms with van der Waals surface area (Å²) in [6, 6.07) is 9.70. The van der Waals surface area contributed by atoms with Crippen molar-refractivity contribution in [1.82, 2.24) is 0 Å². The van der Waals surface area contributed by atoms with Crippen molar-refractivity contribution in [3.8, 4) is 0 Å². The molecular weight excluding hydrogens is 299 g/mol. The molecule has 0 aliphatic heterocycles. The Kier molecular flexibility index (Phi) is 4.49. The number of benzene rings is 2. The summed E-state index contributed by atoms with van der Waals surface area (Å²) in [5.74, 6) is -1.19. The van der Waals surface area contributed by atoms with Gasteiger partial charge in [-0.25, -0.2) is 4.39 Å². The van der Waals surface area contributed by atoms with Crippen molar-refractivity contribution in [2.75, 3.05) is 5.32 Å². The van der Waals surface area contributed by atoms with Crippen LogP contribution in [0.4, 0.5) is 15.8 Å². The Morgan fingerprint density at radius 3 is 2.48 bits per heavy atom. The van der Waals surface area contributed by atoms with Crippen LogP contribution in [0.2, 0.25) is 0 Å². The van der Waals surface area contributed by atoms with Gasteiger partial charge in [-0.15, -0.1) is 11.6 Å². The number of hydrogen-bond acceptors (Lipinski definition) is 3. The monoisotopic (exact) mass is 308 g/mol. The first-order valence-corrected chi connectivity index (χ1v) is 6.45. The molecule has 7 heteroatoms. The number of nitrogens with one attached hydrogen (secondary N) is 1. The Hall–Kier alpha value is -2.47. The first-order chi connectivity index (χ1) is 10.0. The van der Waals surface area contributed by atoms with Gasteiger partial charge in [0.05, 0.1) is 4.92 Å². The summed E-state index contributed by atoms with van der Waals surface area (Å²) >= 11 is 5.64. The molecule has 0 saturated carbocycles. The topological polar surface area (TPSA) is 72.2 Å². The maximum absolute atomic E-state index is 13.7. The number of carbonyl (C=O) groups excluding carboxylic acids is 1. The zero-order valence-electron chi connectivity index (χ0n) is 10.7. The number of hydrogen-bond donors (Lipinski definition) is 1. The standard InChI is InChI=1S/C14H10ClFN2O3/c15-8-9-4-6-10(7-5-9)14(19)17-13-11(16)2-1-3-12(13)18(20)21/h1-7H,8H2,(H,17,19). The smallest absolute Gasteiger partial charge is 0.295 e. The van der Waals surface area contributed by atoms with E-state index in [0.717, 1.165) is 17.7 Å². The fourth-order valence-corrected chi connectivity index (χ4v) is 1.90. The Labute approximate surface area is 124 Å². The molecule has 1 N–H and O–H groups in total. The van der Waals surface area contributed by atoms with Crippen LogP contribution in [0.1, 0.15) is 15.9 Å². The number of nitrogens with zero attached hydrogens (tertiary/aromatic N) is 1. The zero-order chi connectivity index (χ0) is 15.4. The van der Waals surface area contributed by atoms with E-state index in [9.17, 15) is 19.3 Å². The first-order valence-electron chi connectivity index (χ1n) is 5.92. The van der Waals surface area contributed by atoms with Gasteiger partial charge >= 0.3 is 0 Å². The maximum Gasteiger partial charge on any atom is 0.295 e. The summed E-state index contributed by atoms with van der Waals surface area (Å²) in [7, 11) is 0. The molecule has 0 spiro atoms. The number of nitro groups is 1. The van der Waals surface area contributed by atoms with Gasteiger partial charge in [0.25, 0.3) is 11.6 Å². The Balaban J connectivity index is 2.29. The summed E-state index contributed by atoms with van der Waals surface area (Å²) in [6.45, 7) is 0. The molecule has 2 aromatic rings. The second-order valence-electron chi connectivity index (χ2n) is 4.18. The predicted octanol–water partition coefficient (Wildman–Crippen LogP) is 3.73. The van der Waals surface area contributed by atoms with Crippen LogP contribution >= 0.6 is 11.6 Å². The third-order valence-corrected chi connectivity index (χ3v) is 3.11. The molecule has 2 aromatic carbocycles. The van der Waals surface area contributed by atoms with Crippen LogP contribution in [0.15, 0.2) is 42.5 Å². The van der Waals surface area contributed by atoms with Crippen LogP contribution in [0.3, 0.4) is 0 Å². The summed E-state index contributed by atoms with van der Waals surface area (Å²) in [6.07, 6.45) is 0. The second-order valence-corrected chi connectivity index (χ2v) is 4.44. The van der Waals surface area contributed by atoms with Crippen molar-refractivity contribution >= 4 is 28.9 Å². The molecule has 0 unspecified atom stereocenters. The lowest BCUT2D eigenvalue weighted by Crippen LogP contribution is -2.14. The minimum Gasteiger partial charge on any atom is -0.314 e. The van der Waals surface area contributed by atoms with Crippen molar-refractivity contribution in [3.05, 3.63) is 69.5 Å².